The standard InChI is InChI=1S/C20H16FN5O4/c1-25-19(29)13-7-4-11(8-14(13)20(25)30)23-18(28)15-9-16(17(22)27)26(24-15)12-5-2-10(21)3-6-12/h2-8,16H,9H2,1H3,(H2,22,27)(H,23,28). The van der Waals surface area contributed by atoms with E-state index in [0.717, 1.165) is 4.90 Å². The fourth-order valence-corrected chi connectivity index (χ4v) is 3.34. The lowest BCUT2D eigenvalue weighted by Gasteiger charge is -2.20. The molecule has 10 heteroatoms. The van der Waals surface area contributed by atoms with Gasteiger partial charge in [0.05, 0.1) is 16.8 Å². The molecule has 2 aliphatic rings. The topological polar surface area (TPSA) is 125 Å². The van der Waals surface area contributed by atoms with Gasteiger partial charge in [0.15, 0.2) is 0 Å². The molecule has 2 heterocycles. The van der Waals surface area contributed by atoms with E-state index in [9.17, 15) is 23.6 Å². The summed E-state index contributed by atoms with van der Waals surface area (Å²) >= 11 is 0. The highest BCUT2D eigenvalue weighted by molar-refractivity contribution is 6.44. The molecule has 4 amide bonds. The lowest BCUT2D eigenvalue weighted by Crippen LogP contribution is -2.39. The van der Waals surface area contributed by atoms with Crippen molar-refractivity contribution in [3.63, 3.8) is 0 Å². The Hall–Kier alpha value is -4.08. The number of hydrogen-bond donors (Lipinski definition) is 2. The molecule has 0 bridgehead atoms. The summed E-state index contributed by atoms with van der Waals surface area (Å²) in [6, 6.07) is 8.74. The summed E-state index contributed by atoms with van der Waals surface area (Å²) < 4.78 is 13.2. The number of amides is 4. The van der Waals surface area contributed by atoms with Gasteiger partial charge in [-0.15, -0.1) is 0 Å². The predicted octanol–water partition coefficient (Wildman–Crippen LogP) is 1.11. The highest BCUT2D eigenvalue weighted by Gasteiger charge is 2.36. The van der Waals surface area contributed by atoms with Crippen LogP contribution in [0.2, 0.25) is 0 Å². The Morgan fingerprint density at radius 1 is 1.10 bits per heavy atom. The van der Waals surface area contributed by atoms with Gasteiger partial charge in [-0.1, -0.05) is 0 Å². The molecule has 30 heavy (non-hydrogen) atoms. The number of nitrogens with zero attached hydrogens (tertiary/aromatic N) is 3. The van der Waals surface area contributed by atoms with E-state index < -0.39 is 35.5 Å². The number of carbonyl (C=O) groups excluding carboxylic acids is 4. The monoisotopic (exact) mass is 409 g/mol. The van der Waals surface area contributed by atoms with Crippen molar-refractivity contribution in [2.24, 2.45) is 10.8 Å². The molecule has 1 atom stereocenters. The van der Waals surface area contributed by atoms with Crippen molar-refractivity contribution in [1.29, 1.82) is 0 Å². The summed E-state index contributed by atoms with van der Waals surface area (Å²) in [7, 11) is 1.38. The van der Waals surface area contributed by atoms with Crippen LogP contribution in [0.15, 0.2) is 47.6 Å². The molecule has 0 aliphatic carbocycles. The van der Waals surface area contributed by atoms with Crippen LogP contribution in [0.4, 0.5) is 15.8 Å². The van der Waals surface area contributed by atoms with Crippen LogP contribution in [0.3, 0.4) is 0 Å². The predicted molar refractivity (Wildman–Crippen MR) is 105 cm³/mol. The molecule has 4 rings (SSSR count). The normalized spacial score (nSPS) is 17.8. The second-order valence-electron chi connectivity index (χ2n) is 6.87. The van der Waals surface area contributed by atoms with Gasteiger partial charge >= 0.3 is 0 Å². The Bertz CT molecular complexity index is 1130. The third-order valence-corrected chi connectivity index (χ3v) is 4.94. The average molecular weight is 409 g/mol. The van der Waals surface area contributed by atoms with Crippen molar-refractivity contribution in [3.05, 3.63) is 59.4 Å². The van der Waals surface area contributed by atoms with Gasteiger partial charge in [-0.25, -0.2) is 4.39 Å². The van der Waals surface area contributed by atoms with Gasteiger partial charge in [0.25, 0.3) is 17.7 Å². The molecule has 0 saturated heterocycles. The van der Waals surface area contributed by atoms with Crippen molar-refractivity contribution in [3.8, 4) is 0 Å². The summed E-state index contributed by atoms with van der Waals surface area (Å²) in [5.41, 5.74) is 6.64. The van der Waals surface area contributed by atoms with Gasteiger partial charge in [0.1, 0.15) is 17.6 Å². The molecular weight excluding hydrogens is 393 g/mol. The van der Waals surface area contributed by atoms with Gasteiger partial charge < -0.3 is 11.1 Å². The fourth-order valence-electron chi connectivity index (χ4n) is 3.34. The first-order valence-corrected chi connectivity index (χ1v) is 8.95. The van der Waals surface area contributed by atoms with Crippen LogP contribution in [0.5, 0.6) is 0 Å². The zero-order chi connectivity index (χ0) is 21.6. The molecule has 2 aromatic rings. The summed E-state index contributed by atoms with van der Waals surface area (Å²) in [6.07, 6.45) is -0.0381. The number of fused-ring (bicyclic) bond motifs is 1. The summed E-state index contributed by atoms with van der Waals surface area (Å²) in [6.45, 7) is 0. The zero-order valence-corrected chi connectivity index (χ0v) is 15.8. The van der Waals surface area contributed by atoms with Crippen molar-refractivity contribution in [2.45, 2.75) is 12.5 Å². The van der Waals surface area contributed by atoms with E-state index in [4.69, 9.17) is 5.73 Å². The van der Waals surface area contributed by atoms with Crippen LogP contribution >= 0.6 is 0 Å². The van der Waals surface area contributed by atoms with Crippen LogP contribution in [-0.2, 0) is 9.59 Å². The molecule has 0 spiro atoms. The summed E-state index contributed by atoms with van der Waals surface area (Å²) in [5, 5.41) is 8.07. The second kappa shape index (κ2) is 7.07. The van der Waals surface area contributed by atoms with E-state index in [1.807, 2.05) is 0 Å². The Balaban J connectivity index is 1.57. The first-order chi connectivity index (χ1) is 14.3. The lowest BCUT2D eigenvalue weighted by molar-refractivity contribution is -0.119. The highest BCUT2D eigenvalue weighted by atomic mass is 19.1. The van der Waals surface area contributed by atoms with Crippen molar-refractivity contribution < 1.29 is 23.6 Å². The van der Waals surface area contributed by atoms with E-state index in [1.54, 1.807) is 0 Å². The van der Waals surface area contributed by atoms with E-state index in [1.165, 1.54) is 54.5 Å². The van der Waals surface area contributed by atoms with Gasteiger partial charge in [-0.2, -0.15) is 5.10 Å². The van der Waals surface area contributed by atoms with Crippen LogP contribution in [0.25, 0.3) is 0 Å². The molecule has 3 N–H and O–H groups in total. The van der Waals surface area contributed by atoms with Gasteiger partial charge in [-0.05, 0) is 42.5 Å². The van der Waals surface area contributed by atoms with E-state index in [2.05, 4.69) is 10.4 Å². The Kier molecular flexibility index (Phi) is 4.53. The molecule has 0 fully saturated rings. The number of nitrogens with one attached hydrogen (secondary N) is 1. The van der Waals surface area contributed by atoms with Crippen LogP contribution in [0.1, 0.15) is 27.1 Å². The van der Waals surface area contributed by atoms with Gasteiger partial charge in [0.2, 0.25) is 5.91 Å². The minimum absolute atomic E-state index is 0.0381. The van der Waals surface area contributed by atoms with Gasteiger partial charge in [-0.3, -0.25) is 29.1 Å². The average Bonchev–Trinajstić information content (AvgIpc) is 3.26. The Labute approximate surface area is 169 Å². The summed E-state index contributed by atoms with van der Waals surface area (Å²) in [4.78, 5) is 49.6. The smallest absolute Gasteiger partial charge is 0.271 e. The number of halogens is 1. The number of rotatable bonds is 4. The number of anilines is 2. The van der Waals surface area contributed by atoms with Crippen molar-refractivity contribution in [1.82, 2.24) is 4.90 Å². The van der Waals surface area contributed by atoms with Crippen molar-refractivity contribution in [2.75, 3.05) is 17.4 Å². The molecule has 0 radical (unpaired) electrons. The van der Waals surface area contributed by atoms with Crippen molar-refractivity contribution >= 4 is 40.7 Å². The number of hydrazone groups is 1. The molecule has 152 valence electrons. The number of carbonyl (C=O) groups is 4. The highest BCUT2D eigenvalue weighted by Crippen LogP contribution is 2.27. The molecule has 2 aliphatic heterocycles. The summed E-state index contributed by atoms with van der Waals surface area (Å²) in [5.74, 6) is -2.59. The number of benzene rings is 2. The molecule has 0 saturated carbocycles. The minimum atomic E-state index is -0.899. The maximum Gasteiger partial charge on any atom is 0.271 e. The third-order valence-electron chi connectivity index (χ3n) is 4.94. The van der Waals surface area contributed by atoms with Gasteiger partial charge in [0, 0.05) is 19.2 Å². The Morgan fingerprint density at radius 3 is 2.43 bits per heavy atom. The Morgan fingerprint density at radius 2 is 1.77 bits per heavy atom. The van der Waals surface area contributed by atoms with Crippen LogP contribution in [0, 0.1) is 5.82 Å². The molecule has 9 nitrogen and oxygen atoms in total. The van der Waals surface area contributed by atoms with E-state index in [-0.39, 0.29) is 23.3 Å². The number of hydrogen-bond acceptors (Lipinski definition) is 6. The molecule has 2 aromatic carbocycles. The third kappa shape index (κ3) is 3.17. The number of imide groups is 1. The molecule has 1 unspecified atom stereocenters. The van der Waals surface area contributed by atoms with E-state index >= 15 is 0 Å². The quantitative estimate of drug-likeness (QED) is 0.732. The SMILES string of the molecule is CN1C(=O)c2ccc(NC(=O)C3=NN(c4ccc(F)cc4)C(C(N)=O)C3)cc2C1=O. The second-order valence-corrected chi connectivity index (χ2v) is 6.87. The van der Waals surface area contributed by atoms with E-state index in [0.29, 0.717) is 11.4 Å². The maximum absolute atomic E-state index is 13.2. The molecule has 0 aromatic heterocycles. The molecular formula is C20H16FN5O4. The largest absolute Gasteiger partial charge is 0.368 e. The minimum Gasteiger partial charge on any atom is -0.368 e. The lowest BCUT2D eigenvalue weighted by atomic mass is 10.1. The first-order valence-electron chi connectivity index (χ1n) is 8.95. The number of nitrogens with two attached hydrogens (primary N) is 1. The fraction of sp³-hybridized carbons (Fsp3) is 0.150. The number of primary amides is 1. The first kappa shape index (κ1) is 19.2. The zero-order valence-electron chi connectivity index (χ0n) is 15.8. The van der Waals surface area contributed by atoms with Crippen LogP contribution < -0.4 is 16.1 Å². The maximum atomic E-state index is 13.2. The van der Waals surface area contributed by atoms with Crippen LogP contribution in [-0.4, -0.2) is 47.3 Å².